The molecular weight excluding hydrogens is 226 g/mol. The van der Waals surface area contributed by atoms with Crippen LogP contribution in [0.1, 0.15) is 43.2 Å². The summed E-state index contributed by atoms with van der Waals surface area (Å²) in [7, 11) is 0. The SMILES string of the molecule is Cc1cccc(OC2(C(N)=O)CCCCC2)c1C. The van der Waals surface area contributed by atoms with E-state index in [0.29, 0.717) is 0 Å². The minimum absolute atomic E-state index is 0.330. The van der Waals surface area contributed by atoms with Crippen molar-refractivity contribution in [3.8, 4) is 5.75 Å². The van der Waals surface area contributed by atoms with Gasteiger partial charge < -0.3 is 10.5 Å². The average molecular weight is 247 g/mol. The van der Waals surface area contributed by atoms with Gasteiger partial charge in [0.1, 0.15) is 5.75 Å². The molecule has 1 aromatic carbocycles. The van der Waals surface area contributed by atoms with Crippen LogP contribution in [0.25, 0.3) is 0 Å². The number of primary amides is 1. The van der Waals surface area contributed by atoms with Gasteiger partial charge in [0.15, 0.2) is 5.60 Å². The van der Waals surface area contributed by atoms with Gasteiger partial charge in [0.25, 0.3) is 5.91 Å². The van der Waals surface area contributed by atoms with Crippen LogP contribution in [0, 0.1) is 13.8 Å². The average Bonchev–Trinajstić information content (AvgIpc) is 2.36. The summed E-state index contributed by atoms with van der Waals surface area (Å²) in [5.41, 5.74) is 7.04. The molecule has 2 rings (SSSR count). The number of hydrogen-bond donors (Lipinski definition) is 1. The molecule has 0 aliphatic heterocycles. The summed E-state index contributed by atoms with van der Waals surface area (Å²) in [5.74, 6) is 0.457. The first-order chi connectivity index (χ1) is 8.55. The lowest BCUT2D eigenvalue weighted by Gasteiger charge is -2.35. The third kappa shape index (κ3) is 2.35. The van der Waals surface area contributed by atoms with E-state index in [1.54, 1.807) is 0 Å². The Bertz CT molecular complexity index is 448. The van der Waals surface area contributed by atoms with Crippen molar-refractivity contribution in [2.45, 2.75) is 51.6 Å². The Labute approximate surface area is 108 Å². The van der Waals surface area contributed by atoms with E-state index in [1.807, 2.05) is 32.0 Å². The molecule has 0 saturated heterocycles. The molecule has 1 aliphatic carbocycles. The van der Waals surface area contributed by atoms with Crippen LogP contribution >= 0.6 is 0 Å². The van der Waals surface area contributed by atoms with E-state index in [0.717, 1.165) is 43.4 Å². The highest BCUT2D eigenvalue weighted by Crippen LogP contribution is 2.34. The molecule has 3 nitrogen and oxygen atoms in total. The minimum atomic E-state index is -0.795. The van der Waals surface area contributed by atoms with Crippen LogP contribution in [0.5, 0.6) is 5.75 Å². The molecule has 1 fully saturated rings. The quantitative estimate of drug-likeness (QED) is 0.893. The highest BCUT2D eigenvalue weighted by molar-refractivity contribution is 5.84. The van der Waals surface area contributed by atoms with Crippen LogP contribution in [0.4, 0.5) is 0 Å². The number of nitrogens with two attached hydrogens (primary N) is 1. The maximum Gasteiger partial charge on any atom is 0.261 e. The normalized spacial score (nSPS) is 18.3. The first-order valence-electron chi connectivity index (χ1n) is 6.60. The zero-order valence-corrected chi connectivity index (χ0v) is 11.2. The number of ether oxygens (including phenoxy) is 1. The van der Waals surface area contributed by atoms with Gasteiger partial charge in [-0.1, -0.05) is 18.6 Å². The Balaban J connectivity index is 2.29. The van der Waals surface area contributed by atoms with Crippen molar-refractivity contribution >= 4 is 5.91 Å². The van der Waals surface area contributed by atoms with Crippen molar-refractivity contribution in [1.29, 1.82) is 0 Å². The summed E-state index contributed by atoms with van der Waals surface area (Å²) < 4.78 is 6.04. The molecule has 1 saturated carbocycles. The molecule has 0 unspecified atom stereocenters. The smallest absolute Gasteiger partial charge is 0.261 e. The number of rotatable bonds is 3. The third-order valence-corrected chi connectivity index (χ3v) is 3.97. The van der Waals surface area contributed by atoms with Gasteiger partial charge in [-0.3, -0.25) is 4.79 Å². The standard InChI is InChI=1S/C15H21NO2/c1-11-7-6-8-13(12(11)2)18-15(14(16)17)9-4-3-5-10-15/h6-8H,3-5,9-10H2,1-2H3,(H2,16,17). The van der Waals surface area contributed by atoms with Crippen LogP contribution in [0.2, 0.25) is 0 Å². The fourth-order valence-corrected chi connectivity index (χ4v) is 2.57. The second-order valence-corrected chi connectivity index (χ2v) is 5.22. The fourth-order valence-electron chi connectivity index (χ4n) is 2.57. The molecule has 1 aliphatic rings. The highest BCUT2D eigenvalue weighted by atomic mass is 16.5. The Morgan fingerprint density at radius 1 is 1.22 bits per heavy atom. The summed E-state index contributed by atoms with van der Waals surface area (Å²) in [6.07, 6.45) is 4.64. The Morgan fingerprint density at radius 2 is 1.89 bits per heavy atom. The molecule has 0 aromatic heterocycles. The minimum Gasteiger partial charge on any atom is -0.477 e. The Hall–Kier alpha value is -1.51. The second-order valence-electron chi connectivity index (χ2n) is 5.22. The molecule has 1 amide bonds. The maximum absolute atomic E-state index is 11.8. The molecule has 0 spiro atoms. The Kier molecular flexibility index (Phi) is 3.60. The van der Waals surface area contributed by atoms with Crippen LogP contribution in [-0.2, 0) is 4.79 Å². The van der Waals surface area contributed by atoms with E-state index >= 15 is 0 Å². The molecule has 3 heteroatoms. The number of amides is 1. The zero-order chi connectivity index (χ0) is 13.2. The predicted molar refractivity (Wildman–Crippen MR) is 71.6 cm³/mol. The third-order valence-electron chi connectivity index (χ3n) is 3.97. The van der Waals surface area contributed by atoms with Crippen molar-refractivity contribution in [1.82, 2.24) is 0 Å². The van der Waals surface area contributed by atoms with E-state index in [-0.39, 0.29) is 5.91 Å². The first-order valence-corrected chi connectivity index (χ1v) is 6.60. The van der Waals surface area contributed by atoms with Crippen molar-refractivity contribution in [3.63, 3.8) is 0 Å². The second kappa shape index (κ2) is 5.01. The summed E-state index contributed by atoms with van der Waals surface area (Å²) in [4.78, 5) is 11.8. The zero-order valence-electron chi connectivity index (χ0n) is 11.2. The first kappa shape index (κ1) is 12.9. The lowest BCUT2D eigenvalue weighted by Crippen LogP contribution is -2.50. The van der Waals surface area contributed by atoms with Gasteiger partial charge in [-0.05, 0) is 56.7 Å². The predicted octanol–water partition coefficient (Wildman–Crippen LogP) is 2.87. The molecule has 0 heterocycles. The molecule has 0 atom stereocenters. The van der Waals surface area contributed by atoms with Crippen LogP contribution in [-0.4, -0.2) is 11.5 Å². The van der Waals surface area contributed by atoms with Crippen molar-refractivity contribution < 1.29 is 9.53 Å². The number of carbonyl (C=O) groups is 1. The summed E-state index contributed by atoms with van der Waals surface area (Å²) >= 11 is 0. The molecule has 98 valence electrons. The number of benzene rings is 1. The fraction of sp³-hybridized carbons (Fsp3) is 0.533. The lowest BCUT2D eigenvalue weighted by molar-refractivity contribution is -0.136. The maximum atomic E-state index is 11.8. The van der Waals surface area contributed by atoms with Gasteiger partial charge in [-0.25, -0.2) is 0 Å². The van der Waals surface area contributed by atoms with Crippen LogP contribution < -0.4 is 10.5 Å². The highest BCUT2D eigenvalue weighted by Gasteiger charge is 2.40. The number of hydrogen-bond acceptors (Lipinski definition) is 2. The van der Waals surface area contributed by atoms with Gasteiger partial charge >= 0.3 is 0 Å². The molecule has 0 bridgehead atoms. The lowest BCUT2D eigenvalue weighted by atomic mass is 9.84. The van der Waals surface area contributed by atoms with Gasteiger partial charge in [-0.15, -0.1) is 0 Å². The summed E-state index contributed by atoms with van der Waals surface area (Å²) in [5, 5.41) is 0. The summed E-state index contributed by atoms with van der Waals surface area (Å²) in [6, 6.07) is 5.91. The van der Waals surface area contributed by atoms with Gasteiger partial charge in [0.05, 0.1) is 0 Å². The molecule has 1 aromatic rings. The monoisotopic (exact) mass is 247 g/mol. The molecule has 2 N–H and O–H groups in total. The van der Waals surface area contributed by atoms with E-state index in [2.05, 4.69) is 0 Å². The van der Waals surface area contributed by atoms with Gasteiger partial charge in [0, 0.05) is 0 Å². The molecule has 18 heavy (non-hydrogen) atoms. The van der Waals surface area contributed by atoms with Crippen molar-refractivity contribution in [2.75, 3.05) is 0 Å². The van der Waals surface area contributed by atoms with E-state index in [9.17, 15) is 4.79 Å². The Morgan fingerprint density at radius 3 is 2.50 bits per heavy atom. The van der Waals surface area contributed by atoms with Crippen LogP contribution in [0.15, 0.2) is 18.2 Å². The van der Waals surface area contributed by atoms with E-state index in [1.165, 1.54) is 5.56 Å². The number of carbonyl (C=O) groups excluding carboxylic acids is 1. The number of aryl methyl sites for hydroxylation is 1. The van der Waals surface area contributed by atoms with E-state index < -0.39 is 5.60 Å². The van der Waals surface area contributed by atoms with Crippen molar-refractivity contribution in [3.05, 3.63) is 29.3 Å². The summed E-state index contributed by atoms with van der Waals surface area (Å²) in [6.45, 7) is 4.06. The largest absolute Gasteiger partial charge is 0.477 e. The topological polar surface area (TPSA) is 52.3 Å². The van der Waals surface area contributed by atoms with Crippen molar-refractivity contribution in [2.24, 2.45) is 5.73 Å². The van der Waals surface area contributed by atoms with Gasteiger partial charge in [-0.2, -0.15) is 0 Å². The van der Waals surface area contributed by atoms with Gasteiger partial charge in [0.2, 0.25) is 0 Å². The van der Waals surface area contributed by atoms with Crippen LogP contribution in [0.3, 0.4) is 0 Å². The molecule has 0 radical (unpaired) electrons. The molecular formula is C15H21NO2. The van der Waals surface area contributed by atoms with E-state index in [4.69, 9.17) is 10.5 Å².